The molecule has 2 fully saturated rings. The number of terminal acetylenes is 1. The molecule has 0 unspecified atom stereocenters. The summed E-state index contributed by atoms with van der Waals surface area (Å²) in [6, 6.07) is 0.0878. The molecule has 0 bridgehead atoms. The summed E-state index contributed by atoms with van der Waals surface area (Å²) < 4.78 is 0. The average molecular weight is 151 g/mol. The Kier molecular flexibility index (Phi) is 1.14. The first-order valence-electron chi connectivity index (χ1n) is 3.71. The highest BCUT2D eigenvalue weighted by Gasteiger charge is 2.53. The zero-order chi connectivity index (χ0) is 8.01. The molecule has 1 aliphatic carbocycles. The van der Waals surface area contributed by atoms with Gasteiger partial charge in [-0.05, 0) is 18.8 Å². The van der Waals surface area contributed by atoms with Crippen LogP contribution in [0.25, 0.3) is 0 Å². The van der Waals surface area contributed by atoms with E-state index in [9.17, 15) is 4.79 Å². The van der Waals surface area contributed by atoms with Crippen molar-refractivity contribution in [3.63, 3.8) is 0 Å². The van der Waals surface area contributed by atoms with Crippen molar-refractivity contribution < 1.29 is 9.90 Å². The molecule has 1 N–H and O–H groups in total. The highest BCUT2D eigenvalue weighted by molar-refractivity contribution is 5.68. The maximum atomic E-state index is 10.6. The summed E-state index contributed by atoms with van der Waals surface area (Å²) in [5.74, 6) is 3.06. The molecule has 3 nitrogen and oxygen atoms in total. The lowest BCUT2D eigenvalue weighted by atomic mass is 10.2. The van der Waals surface area contributed by atoms with Gasteiger partial charge in [0.15, 0.2) is 0 Å². The first-order chi connectivity index (χ1) is 5.24. The molecule has 1 aliphatic heterocycles. The molecular formula is C8H9NO2. The first-order valence-corrected chi connectivity index (χ1v) is 3.71. The number of fused-ring (bicyclic) bond motifs is 1. The third-order valence-corrected chi connectivity index (χ3v) is 2.52. The van der Waals surface area contributed by atoms with E-state index in [1.165, 1.54) is 4.90 Å². The van der Waals surface area contributed by atoms with Crippen molar-refractivity contribution in [2.45, 2.75) is 24.9 Å². The monoisotopic (exact) mass is 151 g/mol. The summed E-state index contributed by atoms with van der Waals surface area (Å²) in [5, 5.41) is 8.74. The summed E-state index contributed by atoms with van der Waals surface area (Å²) in [6.45, 7) is 0. The van der Waals surface area contributed by atoms with Crippen LogP contribution in [0.15, 0.2) is 0 Å². The van der Waals surface area contributed by atoms with Crippen molar-refractivity contribution in [2.24, 2.45) is 5.92 Å². The van der Waals surface area contributed by atoms with Crippen LogP contribution in [0.4, 0.5) is 4.79 Å². The number of piperidine rings is 1. The molecule has 0 aromatic heterocycles. The quantitative estimate of drug-likeness (QED) is 0.519. The molecular weight excluding hydrogens is 142 g/mol. The van der Waals surface area contributed by atoms with Gasteiger partial charge < -0.3 is 5.11 Å². The molecule has 3 atom stereocenters. The largest absolute Gasteiger partial charge is 0.465 e. The van der Waals surface area contributed by atoms with E-state index in [4.69, 9.17) is 11.5 Å². The Morgan fingerprint density at radius 2 is 2.36 bits per heavy atom. The SMILES string of the molecule is C#C[C@@H]1C[C@H]2C[C@H]2N1C(=O)O. The summed E-state index contributed by atoms with van der Waals surface area (Å²) in [7, 11) is 0. The van der Waals surface area contributed by atoms with E-state index in [1.807, 2.05) is 0 Å². The minimum Gasteiger partial charge on any atom is -0.465 e. The first kappa shape index (κ1) is 6.53. The molecule has 1 heterocycles. The van der Waals surface area contributed by atoms with Gasteiger partial charge in [0.1, 0.15) is 0 Å². The Morgan fingerprint density at radius 3 is 2.82 bits per heavy atom. The summed E-state index contributed by atoms with van der Waals surface area (Å²) in [6.07, 6.45) is 6.21. The number of hydrogen-bond acceptors (Lipinski definition) is 1. The number of carboxylic acid groups (broad SMARTS) is 1. The molecule has 1 saturated carbocycles. The molecule has 2 aliphatic rings. The van der Waals surface area contributed by atoms with Crippen LogP contribution in [0.1, 0.15) is 12.8 Å². The molecule has 11 heavy (non-hydrogen) atoms. The fourth-order valence-corrected chi connectivity index (χ4v) is 1.88. The molecule has 58 valence electrons. The lowest BCUT2D eigenvalue weighted by Gasteiger charge is -2.19. The van der Waals surface area contributed by atoms with Gasteiger partial charge in [0.25, 0.3) is 0 Å². The van der Waals surface area contributed by atoms with E-state index in [0.717, 1.165) is 12.8 Å². The maximum Gasteiger partial charge on any atom is 0.408 e. The smallest absolute Gasteiger partial charge is 0.408 e. The lowest BCUT2D eigenvalue weighted by Crippen LogP contribution is -2.36. The van der Waals surface area contributed by atoms with Crippen LogP contribution < -0.4 is 0 Å². The van der Waals surface area contributed by atoms with Crippen molar-refractivity contribution in [1.82, 2.24) is 4.90 Å². The highest BCUT2D eigenvalue weighted by atomic mass is 16.4. The second kappa shape index (κ2) is 1.91. The summed E-state index contributed by atoms with van der Waals surface area (Å²) in [4.78, 5) is 12.1. The van der Waals surface area contributed by atoms with E-state index < -0.39 is 6.09 Å². The topological polar surface area (TPSA) is 40.5 Å². The second-order valence-electron chi connectivity index (χ2n) is 3.17. The standard InChI is InChI=1S/C8H9NO2/c1-2-6-3-5-4-7(5)9(6)8(10)11/h1,5-7H,3-4H2,(H,10,11)/t5-,6+,7+/m0/s1. The number of carbonyl (C=O) groups is 1. The normalized spacial score (nSPS) is 39.5. The fourth-order valence-electron chi connectivity index (χ4n) is 1.88. The average Bonchev–Trinajstić information content (AvgIpc) is 2.61. The number of amides is 1. The van der Waals surface area contributed by atoms with Gasteiger partial charge in [-0.15, -0.1) is 6.42 Å². The molecule has 1 amide bonds. The number of likely N-dealkylation sites (tertiary alicyclic amines) is 1. The van der Waals surface area contributed by atoms with Gasteiger partial charge in [0.2, 0.25) is 0 Å². The van der Waals surface area contributed by atoms with Gasteiger partial charge >= 0.3 is 6.09 Å². The molecule has 0 radical (unpaired) electrons. The van der Waals surface area contributed by atoms with Crippen molar-refractivity contribution in [2.75, 3.05) is 0 Å². The van der Waals surface area contributed by atoms with Crippen LogP contribution in [0.5, 0.6) is 0 Å². The lowest BCUT2D eigenvalue weighted by molar-refractivity contribution is 0.140. The van der Waals surface area contributed by atoms with E-state index in [0.29, 0.717) is 5.92 Å². The number of rotatable bonds is 0. The minimum absolute atomic E-state index is 0.156. The zero-order valence-corrected chi connectivity index (χ0v) is 6.03. The Labute approximate surface area is 65.0 Å². The van der Waals surface area contributed by atoms with Crippen molar-refractivity contribution >= 4 is 6.09 Å². The predicted molar refractivity (Wildman–Crippen MR) is 39.0 cm³/mol. The molecule has 0 aromatic rings. The third kappa shape index (κ3) is 0.790. The Morgan fingerprint density at radius 1 is 1.64 bits per heavy atom. The Hall–Kier alpha value is -1.17. The van der Waals surface area contributed by atoms with Crippen molar-refractivity contribution in [1.29, 1.82) is 0 Å². The molecule has 3 heteroatoms. The van der Waals surface area contributed by atoms with Gasteiger partial charge in [0, 0.05) is 6.04 Å². The van der Waals surface area contributed by atoms with E-state index in [2.05, 4.69) is 5.92 Å². The van der Waals surface area contributed by atoms with Gasteiger partial charge in [-0.2, -0.15) is 0 Å². The highest BCUT2D eigenvalue weighted by Crippen LogP contribution is 2.47. The van der Waals surface area contributed by atoms with Gasteiger partial charge in [0.05, 0.1) is 6.04 Å². The van der Waals surface area contributed by atoms with Crippen LogP contribution in [-0.2, 0) is 0 Å². The minimum atomic E-state index is -0.863. The van der Waals surface area contributed by atoms with Gasteiger partial charge in [-0.3, -0.25) is 4.90 Å². The van der Waals surface area contributed by atoms with E-state index >= 15 is 0 Å². The van der Waals surface area contributed by atoms with E-state index in [-0.39, 0.29) is 12.1 Å². The Bertz CT molecular complexity index is 243. The summed E-state index contributed by atoms with van der Waals surface area (Å²) >= 11 is 0. The van der Waals surface area contributed by atoms with Gasteiger partial charge in [-0.1, -0.05) is 5.92 Å². The van der Waals surface area contributed by atoms with Crippen LogP contribution in [0, 0.1) is 18.3 Å². The fraction of sp³-hybridized carbons (Fsp3) is 0.625. The van der Waals surface area contributed by atoms with E-state index in [1.54, 1.807) is 0 Å². The Balaban J connectivity index is 2.16. The summed E-state index contributed by atoms with van der Waals surface area (Å²) in [5.41, 5.74) is 0. The molecule has 2 rings (SSSR count). The number of nitrogens with zero attached hydrogens (tertiary/aromatic N) is 1. The third-order valence-electron chi connectivity index (χ3n) is 2.52. The molecule has 1 saturated heterocycles. The molecule has 0 spiro atoms. The van der Waals surface area contributed by atoms with Crippen LogP contribution in [0.2, 0.25) is 0 Å². The van der Waals surface area contributed by atoms with Crippen molar-refractivity contribution in [3.05, 3.63) is 0 Å². The van der Waals surface area contributed by atoms with Crippen LogP contribution in [-0.4, -0.2) is 28.2 Å². The van der Waals surface area contributed by atoms with Crippen LogP contribution in [0.3, 0.4) is 0 Å². The zero-order valence-electron chi connectivity index (χ0n) is 6.03. The van der Waals surface area contributed by atoms with Gasteiger partial charge in [-0.25, -0.2) is 4.79 Å². The maximum absolute atomic E-state index is 10.6. The van der Waals surface area contributed by atoms with Crippen molar-refractivity contribution in [3.8, 4) is 12.3 Å². The number of hydrogen-bond donors (Lipinski definition) is 1. The predicted octanol–water partition coefficient (Wildman–Crippen LogP) is 0.760. The van der Waals surface area contributed by atoms with Crippen LogP contribution >= 0.6 is 0 Å². The second-order valence-corrected chi connectivity index (χ2v) is 3.17. The molecule has 0 aromatic carbocycles.